The number of ether oxygens (including phenoxy) is 1. The van der Waals surface area contributed by atoms with Crippen molar-refractivity contribution in [3.63, 3.8) is 0 Å². The molecular formula is C22H30N2O4S. The Morgan fingerprint density at radius 3 is 2.34 bits per heavy atom. The first kappa shape index (κ1) is 22.7. The van der Waals surface area contributed by atoms with Crippen LogP contribution in [0.25, 0.3) is 0 Å². The van der Waals surface area contributed by atoms with Crippen molar-refractivity contribution in [2.75, 3.05) is 30.3 Å². The van der Waals surface area contributed by atoms with Crippen LogP contribution in [-0.4, -0.2) is 40.3 Å². The molecule has 0 aliphatic heterocycles. The van der Waals surface area contributed by atoms with E-state index in [0.717, 1.165) is 22.4 Å². The summed E-state index contributed by atoms with van der Waals surface area (Å²) in [5, 5.41) is 2.81. The number of carbonyl (C=O) groups excluding carboxylic acids is 1. The number of rotatable bonds is 10. The summed E-state index contributed by atoms with van der Waals surface area (Å²) in [7, 11) is -3.41. The lowest BCUT2D eigenvalue weighted by molar-refractivity contribution is -0.121. The molecule has 0 aliphatic rings. The van der Waals surface area contributed by atoms with Crippen LogP contribution in [0.4, 0.5) is 5.69 Å². The Balaban J connectivity index is 1.76. The summed E-state index contributed by atoms with van der Waals surface area (Å²) in [6.07, 6.45) is 1.87. The molecule has 2 aromatic carbocycles. The van der Waals surface area contributed by atoms with E-state index in [1.54, 1.807) is 6.07 Å². The highest BCUT2D eigenvalue weighted by molar-refractivity contribution is 7.92. The van der Waals surface area contributed by atoms with Crippen LogP contribution in [0.15, 0.2) is 42.5 Å². The van der Waals surface area contributed by atoms with E-state index >= 15 is 0 Å². The third kappa shape index (κ3) is 7.77. The molecule has 29 heavy (non-hydrogen) atoms. The molecular weight excluding hydrogens is 388 g/mol. The van der Waals surface area contributed by atoms with Gasteiger partial charge in [0.25, 0.3) is 0 Å². The maximum absolute atomic E-state index is 12.1. The number of hydrogen-bond donors (Lipinski definition) is 1. The molecule has 0 aliphatic carbocycles. The Bertz CT molecular complexity index is 921. The minimum Gasteiger partial charge on any atom is -0.492 e. The van der Waals surface area contributed by atoms with Gasteiger partial charge in [-0.2, -0.15) is 0 Å². The summed E-state index contributed by atoms with van der Waals surface area (Å²) in [6.45, 7) is 6.98. The second-order valence-corrected chi connectivity index (χ2v) is 9.21. The monoisotopic (exact) mass is 418 g/mol. The number of aryl methyl sites for hydroxylation is 3. The number of anilines is 1. The van der Waals surface area contributed by atoms with Crippen molar-refractivity contribution in [3.8, 4) is 5.75 Å². The standard InChI is InChI=1S/C22H30N2O4S/c1-17-7-5-8-20(14-17)24(29(4,26)27)11-6-9-22(25)23-10-12-28-21-15-18(2)13-19(3)16-21/h5,7-8,13-16H,6,9-12H2,1-4H3,(H,23,25). The van der Waals surface area contributed by atoms with Gasteiger partial charge in [-0.05, 0) is 68.1 Å². The molecule has 1 N–H and O–H groups in total. The van der Waals surface area contributed by atoms with Gasteiger partial charge in [-0.1, -0.05) is 18.2 Å². The summed E-state index contributed by atoms with van der Waals surface area (Å²) < 4.78 is 31.3. The Kier molecular flexibility index (Phi) is 8.08. The van der Waals surface area contributed by atoms with Gasteiger partial charge in [-0.15, -0.1) is 0 Å². The first-order valence-electron chi connectivity index (χ1n) is 9.67. The number of benzene rings is 2. The highest BCUT2D eigenvalue weighted by Crippen LogP contribution is 2.19. The van der Waals surface area contributed by atoms with Gasteiger partial charge in [0.2, 0.25) is 15.9 Å². The molecule has 0 fully saturated rings. The number of nitrogens with zero attached hydrogens (tertiary/aromatic N) is 1. The summed E-state index contributed by atoms with van der Waals surface area (Å²) in [6, 6.07) is 13.3. The summed E-state index contributed by atoms with van der Waals surface area (Å²) >= 11 is 0. The van der Waals surface area contributed by atoms with Gasteiger partial charge in [0.1, 0.15) is 12.4 Å². The number of nitrogens with one attached hydrogen (secondary N) is 1. The van der Waals surface area contributed by atoms with Crippen molar-refractivity contribution >= 4 is 21.6 Å². The van der Waals surface area contributed by atoms with E-state index in [-0.39, 0.29) is 18.9 Å². The Labute approximate surface area is 173 Å². The van der Waals surface area contributed by atoms with Crippen LogP contribution < -0.4 is 14.4 Å². The van der Waals surface area contributed by atoms with E-state index in [1.165, 1.54) is 10.6 Å². The van der Waals surface area contributed by atoms with Crippen molar-refractivity contribution in [2.24, 2.45) is 0 Å². The van der Waals surface area contributed by atoms with Crippen molar-refractivity contribution in [3.05, 3.63) is 59.2 Å². The van der Waals surface area contributed by atoms with Crippen molar-refractivity contribution in [1.29, 1.82) is 0 Å². The van der Waals surface area contributed by atoms with Crippen LogP contribution in [-0.2, 0) is 14.8 Å². The molecule has 1 amide bonds. The number of hydrogen-bond acceptors (Lipinski definition) is 4. The average Bonchev–Trinajstić information content (AvgIpc) is 2.60. The largest absolute Gasteiger partial charge is 0.492 e. The minimum absolute atomic E-state index is 0.119. The second-order valence-electron chi connectivity index (χ2n) is 7.30. The normalized spacial score (nSPS) is 11.2. The molecule has 158 valence electrons. The summed E-state index contributed by atoms with van der Waals surface area (Å²) in [5.41, 5.74) is 3.87. The molecule has 0 aromatic heterocycles. The molecule has 0 spiro atoms. The molecule has 0 unspecified atom stereocenters. The number of amides is 1. The van der Waals surface area contributed by atoms with Crippen molar-refractivity contribution in [1.82, 2.24) is 5.32 Å². The maximum atomic E-state index is 12.1. The predicted octanol–water partition coefficient (Wildman–Crippen LogP) is 3.35. The smallest absolute Gasteiger partial charge is 0.232 e. The van der Waals surface area contributed by atoms with Crippen molar-refractivity contribution < 1.29 is 17.9 Å². The lowest BCUT2D eigenvalue weighted by atomic mass is 10.1. The zero-order valence-electron chi connectivity index (χ0n) is 17.6. The zero-order valence-corrected chi connectivity index (χ0v) is 18.4. The fourth-order valence-corrected chi connectivity index (χ4v) is 4.07. The quantitative estimate of drug-likeness (QED) is 0.601. The molecule has 0 radical (unpaired) electrons. The average molecular weight is 419 g/mol. The first-order valence-corrected chi connectivity index (χ1v) is 11.5. The Morgan fingerprint density at radius 2 is 1.72 bits per heavy atom. The van der Waals surface area contributed by atoms with E-state index in [0.29, 0.717) is 25.3 Å². The molecule has 2 aromatic rings. The van der Waals surface area contributed by atoms with Gasteiger partial charge in [0.15, 0.2) is 0 Å². The molecule has 0 bridgehead atoms. The minimum atomic E-state index is -3.41. The first-order chi connectivity index (χ1) is 13.6. The van der Waals surface area contributed by atoms with E-state index in [2.05, 4.69) is 11.4 Å². The van der Waals surface area contributed by atoms with Gasteiger partial charge < -0.3 is 10.1 Å². The Hall–Kier alpha value is -2.54. The fraction of sp³-hybridized carbons (Fsp3) is 0.409. The van der Waals surface area contributed by atoms with E-state index in [1.807, 2.05) is 51.1 Å². The SMILES string of the molecule is Cc1cc(C)cc(OCCNC(=O)CCCN(c2cccc(C)c2)S(C)(=O)=O)c1. The molecule has 6 nitrogen and oxygen atoms in total. The molecule has 7 heteroatoms. The topological polar surface area (TPSA) is 75.7 Å². The van der Waals surface area contributed by atoms with Gasteiger partial charge in [-0.25, -0.2) is 8.42 Å². The predicted molar refractivity (Wildman–Crippen MR) is 117 cm³/mol. The van der Waals surface area contributed by atoms with Crippen LogP contribution in [0.5, 0.6) is 5.75 Å². The Morgan fingerprint density at radius 1 is 1.03 bits per heavy atom. The molecule has 0 atom stereocenters. The van der Waals surface area contributed by atoms with Crippen LogP contribution in [0.1, 0.15) is 29.5 Å². The molecule has 2 rings (SSSR count). The lowest BCUT2D eigenvalue weighted by Crippen LogP contribution is -2.33. The third-order valence-electron chi connectivity index (χ3n) is 4.34. The number of carbonyl (C=O) groups is 1. The van der Waals surface area contributed by atoms with E-state index in [9.17, 15) is 13.2 Å². The van der Waals surface area contributed by atoms with Gasteiger partial charge in [-0.3, -0.25) is 9.10 Å². The highest BCUT2D eigenvalue weighted by atomic mass is 32.2. The number of sulfonamides is 1. The van der Waals surface area contributed by atoms with Gasteiger partial charge in [0, 0.05) is 13.0 Å². The lowest BCUT2D eigenvalue weighted by Gasteiger charge is -2.22. The molecule has 0 saturated carbocycles. The van der Waals surface area contributed by atoms with Crippen LogP contribution >= 0.6 is 0 Å². The van der Waals surface area contributed by atoms with E-state index in [4.69, 9.17) is 4.74 Å². The van der Waals surface area contributed by atoms with Gasteiger partial charge in [0.05, 0.1) is 18.5 Å². The van der Waals surface area contributed by atoms with Gasteiger partial charge >= 0.3 is 0 Å². The molecule has 0 heterocycles. The third-order valence-corrected chi connectivity index (χ3v) is 5.54. The second kappa shape index (κ2) is 10.3. The maximum Gasteiger partial charge on any atom is 0.232 e. The zero-order chi connectivity index (χ0) is 21.4. The van der Waals surface area contributed by atoms with Crippen molar-refractivity contribution in [2.45, 2.75) is 33.6 Å². The fourth-order valence-electron chi connectivity index (χ4n) is 3.12. The summed E-state index contributed by atoms with van der Waals surface area (Å²) in [4.78, 5) is 12.0. The van der Waals surface area contributed by atoms with Crippen LogP contribution in [0, 0.1) is 20.8 Å². The summed E-state index contributed by atoms with van der Waals surface area (Å²) in [5.74, 6) is 0.672. The van der Waals surface area contributed by atoms with Crippen LogP contribution in [0.3, 0.4) is 0 Å². The van der Waals surface area contributed by atoms with Crippen LogP contribution in [0.2, 0.25) is 0 Å². The van der Waals surface area contributed by atoms with E-state index < -0.39 is 10.0 Å². The molecule has 0 saturated heterocycles. The highest BCUT2D eigenvalue weighted by Gasteiger charge is 2.17.